The van der Waals surface area contributed by atoms with Crippen molar-refractivity contribution < 1.29 is 8.95 Å². The predicted octanol–water partition coefficient (Wildman–Crippen LogP) is 4.04. The molecule has 2 aliphatic heterocycles. The first-order valence-electron chi connectivity index (χ1n) is 13.8. The number of nitrogens with two attached hydrogens (primary N) is 1. The Labute approximate surface area is 234 Å². The van der Waals surface area contributed by atoms with Crippen LogP contribution in [0.5, 0.6) is 0 Å². The first-order chi connectivity index (χ1) is 18.7. The van der Waals surface area contributed by atoms with Crippen LogP contribution in [0, 0.1) is 5.92 Å². The van der Waals surface area contributed by atoms with Crippen molar-refractivity contribution in [1.82, 2.24) is 15.0 Å². The zero-order valence-electron chi connectivity index (χ0n) is 23.7. The van der Waals surface area contributed by atoms with Crippen molar-refractivity contribution in [2.45, 2.75) is 51.2 Å². The van der Waals surface area contributed by atoms with E-state index in [9.17, 15) is 4.21 Å². The highest BCUT2D eigenvalue weighted by Crippen LogP contribution is 2.39. The maximum absolute atomic E-state index is 11.8. The van der Waals surface area contributed by atoms with Gasteiger partial charge in [0.25, 0.3) is 0 Å². The zero-order valence-corrected chi connectivity index (χ0v) is 24.5. The minimum atomic E-state index is -0.775. The van der Waals surface area contributed by atoms with E-state index in [1.807, 2.05) is 12.3 Å². The first-order valence-corrected chi connectivity index (χ1v) is 15.6. The fraction of sp³-hybridized carbons (Fsp3) is 0.552. The molecule has 2 saturated heterocycles. The summed E-state index contributed by atoms with van der Waals surface area (Å²) < 4.78 is 17.5. The zero-order chi connectivity index (χ0) is 27.7. The van der Waals surface area contributed by atoms with E-state index in [0.29, 0.717) is 36.2 Å². The maximum atomic E-state index is 11.8. The number of hydrogen-bond acceptors (Lipinski definition) is 9. The lowest BCUT2D eigenvalue weighted by Crippen LogP contribution is -2.56. The molecule has 0 bridgehead atoms. The van der Waals surface area contributed by atoms with Gasteiger partial charge < -0.3 is 25.6 Å². The molecular formula is C29H41N7O2S. The molecule has 0 saturated carbocycles. The number of nitrogens with zero attached hydrogens (tertiary/aromatic N) is 5. The molecule has 2 unspecified atom stereocenters. The van der Waals surface area contributed by atoms with E-state index < -0.39 is 10.8 Å². The van der Waals surface area contributed by atoms with Crippen LogP contribution in [0.4, 0.5) is 23.3 Å². The van der Waals surface area contributed by atoms with Gasteiger partial charge in [0.2, 0.25) is 5.95 Å². The third-order valence-electron chi connectivity index (χ3n) is 8.56. The number of hydrogen-bond donors (Lipinski definition) is 2. The van der Waals surface area contributed by atoms with Crippen LogP contribution < -0.4 is 20.9 Å². The molecule has 39 heavy (non-hydrogen) atoms. The number of anilines is 4. The molecule has 2 fully saturated rings. The Hall–Kier alpha value is -2.82. The van der Waals surface area contributed by atoms with Crippen molar-refractivity contribution in [1.29, 1.82) is 0 Å². The number of nitrogens with one attached hydrogen (secondary N) is 1. The molecule has 210 valence electrons. The minimum absolute atomic E-state index is 0.252. The first kappa shape index (κ1) is 27.7. The second kappa shape index (κ2) is 11.3. The van der Waals surface area contributed by atoms with Gasteiger partial charge in [0.05, 0.1) is 5.60 Å². The van der Waals surface area contributed by atoms with Gasteiger partial charge in [-0.15, -0.1) is 0 Å². The summed E-state index contributed by atoms with van der Waals surface area (Å²) in [4.78, 5) is 18.7. The monoisotopic (exact) mass is 551 g/mol. The molecule has 0 radical (unpaired) electrons. The van der Waals surface area contributed by atoms with E-state index in [4.69, 9.17) is 20.4 Å². The SMILES string of the molecule is COC1(CN)CCN(c2nccc(Nc3cc4c(C(C)C)ccc(N5C[C@H](CS(C)=O)C5C)c4cn3)n2)CC1. The summed E-state index contributed by atoms with van der Waals surface area (Å²) in [7, 11) is 0.965. The molecule has 4 heterocycles. The lowest BCUT2D eigenvalue weighted by molar-refractivity contribution is -0.0217. The number of rotatable bonds is 9. The third kappa shape index (κ3) is 5.60. The van der Waals surface area contributed by atoms with Crippen molar-refractivity contribution in [2.75, 3.05) is 60.4 Å². The van der Waals surface area contributed by atoms with E-state index >= 15 is 0 Å². The molecule has 3 atom stereocenters. The van der Waals surface area contributed by atoms with Crippen molar-refractivity contribution in [3.05, 3.63) is 42.2 Å². The number of piperidine rings is 1. The Morgan fingerprint density at radius 1 is 1.18 bits per heavy atom. The second-order valence-corrected chi connectivity index (χ2v) is 12.8. The lowest BCUT2D eigenvalue weighted by atomic mass is 9.88. The molecule has 0 amide bonds. The summed E-state index contributed by atoms with van der Waals surface area (Å²) in [5.41, 5.74) is 8.20. The minimum Gasteiger partial charge on any atom is -0.377 e. The van der Waals surface area contributed by atoms with E-state index in [1.165, 1.54) is 16.6 Å². The van der Waals surface area contributed by atoms with Crippen LogP contribution in [0.3, 0.4) is 0 Å². The fourth-order valence-electron chi connectivity index (χ4n) is 5.88. The Morgan fingerprint density at radius 3 is 2.59 bits per heavy atom. The topological polar surface area (TPSA) is 110 Å². The van der Waals surface area contributed by atoms with E-state index in [1.54, 1.807) is 19.6 Å². The summed E-state index contributed by atoms with van der Waals surface area (Å²) >= 11 is 0. The molecule has 0 aliphatic carbocycles. The molecule has 5 rings (SSSR count). The van der Waals surface area contributed by atoms with Gasteiger partial charge in [-0.2, -0.15) is 4.98 Å². The van der Waals surface area contributed by atoms with Crippen LogP contribution >= 0.6 is 0 Å². The van der Waals surface area contributed by atoms with Gasteiger partial charge in [-0.1, -0.05) is 19.9 Å². The summed E-state index contributed by atoms with van der Waals surface area (Å²) in [6.45, 7) is 9.71. The molecule has 3 aromatic rings. The van der Waals surface area contributed by atoms with Gasteiger partial charge in [-0.3, -0.25) is 4.21 Å². The summed E-state index contributed by atoms with van der Waals surface area (Å²) in [6, 6.07) is 8.82. The van der Waals surface area contributed by atoms with Gasteiger partial charge in [0, 0.05) is 91.5 Å². The molecule has 1 aromatic carbocycles. The Balaban J connectivity index is 1.38. The van der Waals surface area contributed by atoms with Gasteiger partial charge in [0.1, 0.15) is 11.6 Å². The van der Waals surface area contributed by atoms with E-state index in [2.05, 4.69) is 59.1 Å². The number of pyridine rings is 1. The maximum Gasteiger partial charge on any atom is 0.227 e. The molecular weight excluding hydrogens is 510 g/mol. The highest BCUT2D eigenvalue weighted by molar-refractivity contribution is 7.84. The molecule has 2 aliphatic rings. The second-order valence-electron chi connectivity index (χ2n) is 11.3. The van der Waals surface area contributed by atoms with Crippen molar-refractivity contribution in [3.63, 3.8) is 0 Å². The van der Waals surface area contributed by atoms with Crippen LogP contribution in [0.2, 0.25) is 0 Å². The third-order valence-corrected chi connectivity index (χ3v) is 9.46. The highest BCUT2D eigenvalue weighted by Gasteiger charge is 2.37. The number of fused-ring (bicyclic) bond motifs is 1. The van der Waals surface area contributed by atoms with Crippen LogP contribution in [-0.2, 0) is 15.5 Å². The summed E-state index contributed by atoms with van der Waals surface area (Å²) in [5, 5.41) is 5.75. The smallest absolute Gasteiger partial charge is 0.227 e. The molecule has 3 N–H and O–H groups in total. The van der Waals surface area contributed by atoms with E-state index in [-0.39, 0.29) is 5.60 Å². The fourth-order valence-corrected chi connectivity index (χ4v) is 6.86. The number of ether oxygens (including phenoxy) is 1. The van der Waals surface area contributed by atoms with Crippen LogP contribution in [0.1, 0.15) is 45.1 Å². The van der Waals surface area contributed by atoms with Crippen LogP contribution in [-0.4, -0.2) is 76.1 Å². The molecule has 2 aromatic heterocycles. The van der Waals surface area contributed by atoms with Crippen molar-refractivity contribution >= 4 is 44.8 Å². The summed E-state index contributed by atoms with van der Waals surface area (Å²) in [6.07, 6.45) is 7.25. The number of methoxy groups -OCH3 is 1. The quantitative estimate of drug-likeness (QED) is 0.407. The molecule has 0 spiro atoms. The molecule has 10 heteroatoms. The Kier molecular flexibility index (Phi) is 8.07. The van der Waals surface area contributed by atoms with Crippen LogP contribution in [0.15, 0.2) is 36.7 Å². The predicted molar refractivity (Wildman–Crippen MR) is 161 cm³/mol. The van der Waals surface area contributed by atoms with Gasteiger partial charge >= 0.3 is 0 Å². The lowest BCUT2D eigenvalue weighted by Gasteiger charge is -2.48. The Morgan fingerprint density at radius 2 is 1.95 bits per heavy atom. The van der Waals surface area contributed by atoms with Crippen molar-refractivity contribution in [3.8, 4) is 0 Å². The summed E-state index contributed by atoms with van der Waals surface area (Å²) in [5.74, 6) is 3.74. The molecule has 9 nitrogen and oxygen atoms in total. The van der Waals surface area contributed by atoms with Gasteiger partial charge in [-0.05, 0) is 54.8 Å². The normalized spacial score (nSPS) is 21.7. The van der Waals surface area contributed by atoms with Crippen LogP contribution in [0.25, 0.3) is 10.8 Å². The van der Waals surface area contributed by atoms with Gasteiger partial charge in [-0.25, -0.2) is 9.97 Å². The van der Waals surface area contributed by atoms with Crippen molar-refractivity contribution in [2.24, 2.45) is 11.7 Å². The van der Waals surface area contributed by atoms with Gasteiger partial charge in [0.15, 0.2) is 0 Å². The number of benzene rings is 1. The van der Waals surface area contributed by atoms with E-state index in [0.717, 1.165) is 49.4 Å². The Bertz CT molecular complexity index is 1340. The standard InChI is InChI=1S/C29H41N7O2S/c1-19(2)22-6-7-25(36-16-21(20(36)3)17-39(5)37)24-15-32-27(14-23(22)24)33-26-8-11-31-28(34-26)35-12-9-29(18-30,38-4)10-13-35/h6-8,11,14-15,19-21H,9-10,12-13,16-18,30H2,1-5H3,(H,31,32,33,34)/t20?,21-,39?/m1/s1. The average Bonchev–Trinajstić information content (AvgIpc) is 2.94. The highest BCUT2D eigenvalue weighted by atomic mass is 32.2. The number of aromatic nitrogens is 3. The average molecular weight is 552 g/mol. The largest absolute Gasteiger partial charge is 0.377 e.